The molecule has 0 spiro atoms. The summed E-state index contributed by atoms with van der Waals surface area (Å²) >= 11 is 0. The minimum atomic E-state index is -0.712. The first-order chi connectivity index (χ1) is 9.99. The molecule has 1 saturated carbocycles. The smallest absolute Gasteiger partial charge is 0.306 e. The molecule has 0 atom stereocenters. The average molecular weight is 292 g/mol. The summed E-state index contributed by atoms with van der Waals surface area (Å²) in [6.45, 7) is 2.37. The molecule has 0 heterocycles. The molecule has 1 aromatic rings. The zero-order valence-corrected chi connectivity index (χ0v) is 12.0. The number of carboxylic acid groups (broad SMARTS) is 1. The number of aryl methyl sites for hydroxylation is 1. The Morgan fingerprint density at radius 1 is 1.38 bits per heavy atom. The van der Waals surface area contributed by atoms with Crippen molar-refractivity contribution < 1.29 is 14.8 Å². The van der Waals surface area contributed by atoms with Gasteiger partial charge in [-0.05, 0) is 44.6 Å². The number of rotatable bonds is 5. The number of benzene rings is 1. The first kappa shape index (κ1) is 15.3. The second kappa shape index (κ2) is 6.56. The van der Waals surface area contributed by atoms with Crippen molar-refractivity contribution in [3.05, 3.63) is 33.9 Å². The predicted octanol–water partition coefficient (Wildman–Crippen LogP) is 3.21. The van der Waals surface area contributed by atoms with E-state index < -0.39 is 5.97 Å². The van der Waals surface area contributed by atoms with E-state index in [0.29, 0.717) is 36.6 Å². The maximum atomic E-state index is 11.1. The number of nitro benzene ring substituents is 1. The van der Waals surface area contributed by atoms with Crippen molar-refractivity contribution in [2.45, 2.75) is 32.6 Å². The second-order valence-corrected chi connectivity index (χ2v) is 5.66. The number of carbonyl (C=O) groups is 1. The van der Waals surface area contributed by atoms with Gasteiger partial charge in [-0.2, -0.15) is 0 Å². The number of anilines is 1. The van der Waals surface area contributed by atoms with Crippen molar-refractivity contribution in [1.29, 1.82) is 0 Å². The Morgan fingerprint density at radius 2 is 2.05 bits per heavy atom. The number of carboxylic acids is 1. The van der Waals surface area contributed by atoms with Crippen LogP contribution >= 0.6 is 0 Å². The molecule has 21 heavy (non-hydrogen) atoms. The highest BCUT2D eigenvalue weighted by atomic mass is 16.6. The van der Waals surface area contributed by atoms with Crippen molar-refractivity contribution >= 4 is 17.3 Å². The first-order valence-electron chi connectivity index (χ1n) is 7.19. The Morgan fingerprint density at radius 3 is 2.62 bits per heavy atom. The van der Waals surface area contributed by atoms with Crippen molar-refractivity contribution in [2.24, 2.45) is 11.8 Å². The SMILES string of the molecule is Cc1cccc(NCC2CCC(C(=O)O)CC2)c1[N+](=O)[O-]. The van der Waals surface area contributed by atoms with Crippen LogP contribution in [-0.4, -0.2) is 22.5 Å². The molecule has 1 fully saturated rings. The summed E-state index contributed by atoms with van der Waals surface area (Å²) in [5.74, 6) is -0.564. The van der Waals surface area contributed by atoms with Gasteiger partial charge in [0.25, 0.3) is 5.69 Å². The number of nitro groups is 1. The normalized spacial score (nSPS) is 21.8. The van der Waals surface area contributed by atoms with E-state index in [1.165, 1.54) is 0 Å². The lowest BCUT2D eigenvalue weighted by Crippen LogP contribution is -2.25. The Bertz CT molecular complexity index is 536. The van der Waals surface area contributed by atoms with Crippen LogP contribution in [0.15, 0.2) is 18.2 Å². The van der Waals surface area contributed by atoms with E-state index in [1.807, 2.05) is 0 Å². The molecule has 0 aliphatic heterocycles. The number of nitrogens with zero attached hydrogens (tertiary/aromatic N) is 1. The number of hydrogen-bond acceptors (Lipinski definition) is 4. The third-order valence-electron chi connectivity index (χ3n) is 4.20. The monoisotopic (exact) mass is 292 g/mol. The third-order valence-corrected chi connectivity index (χ3v) is 4.20. The van der Waals surface area contributed by atoms with E-state index in [9.17, 15) is 14.9 Å². The van der Waals surface area contributed by atoms with Gasteiger partial charge in [-0.3, -0.25) is 14.9 Å². The molecular weight excluding hydrogens is 272 g/mol. The first-order valence-corrected chi connectivity index (χ1v) is 7.19. The lowest BCUT2D eigenvalue weighted by atomic mass is 9.82. The molecule has 2 N–H and O–H groups in total. The van der Waals surface area contributed by atoms with E-state index >= 15 is 0 Å². The van der Waals surface area contributed by atoms with Gasteiger partial charge in [0, 0.05) is 12.1 Å². The van der Waals surface area contributed by atoms with E-state index in [2.05, 4.69) is 5.32 Å². The highest BCUT2D eigenvalue weighted by Crippen LogP contribution is 2.31. The molecular formula is C15H20N2O4. The van der Waals surface area contributed by atoms with Gasteiger partial charge in [0.2, 0.25) is 0 Å². The van der Waals surface area contributed by atoms with Crippen LogP contribution in [0.4, 0.5) is 11.4 Å². The Kier molecular flexibility index (Phi) is 4.77. The highest BCUT2D eigenvalue weighted by Gasteiger charge is 2.26. The van der Waals surface area contributed by atoms with Crippen molar-refractivity contribution in [1.82, 2.24) is 0 Å². The number of hydrogen-bond donors (Lipinski definition) is 2. The minimum absolute atomic E-state index is 0.122. The predicted molar refractivity (Wildman–Crippen MR) is 79.4 cm³/mol. The molecule has 6 nitrogen and oxygen atoms in total. The Labute approximate surface area is 123 Å². The summed E-state index contributed by atoms with van der Waals surface area (Å²) in [5, 5.41) is 23.2. The van der Waals surface area contributed by atoms with Gasteiger partial charge in [0.05, 0.1) is 10.8 Å². The Hall–Kier alpha value is -2.11. The summed E-state index contributed by atoms with van der Waals surface area (Å²) in [6.07, 6.45) is 3.09. The molecule has 6 heteroatoms. The van der Waals surface area contributed by atoms with Crippen LogP contribution in [0.5, 0.6) is 0 Å². The van der Waals surface area contributed by atoms with Gasteiger partial charge in [-0.15, -0.1) is 0 Å². The summed E-state index contributed by atoms with van der Waals surface area (Å²) in [4.78, 5) is 21.7. The minimum Gasteiger partial charge on any atom is -0.481 e. The largest absolute Gasteiger partial charge is 0.481 e. The summed E-state index contributed by atoms with van der Waals surface area (Å²) < 4.78 is 0. The fraction of sp³-hybridized carbons (Fsp3) is 0.533. The zero-order valence-electron chi connectivity index (χ0n) is 12.0. The zero-order chi connectivity index (χ0) is 15.4. The molecule has 0 bridgehead atoms. The standard InChI is InChI=1S/C15H20N2O4/c1-10-3-2-4-13(14(10)17(20)21)16-9-11-5-7-12(8-6-11)15(18)19/h2-4,11-12,16H,5-9H2,1H3,(H,18,19). The maximum absolute atomic E-state index is 11.1. The van der Waals surface area contributed by atoms with Crippen molar-refractivity contribution in [3.8, 4) is 0 Å². The molecule has 1 aliphatic rings. The van der Waals surface area contributed by atoms with Crippen molar-refractivity contribution in [2.75, 3.05) is 11.9 Å². The number of nitrogens with one attached hydrogen (secondary N) is 1. The van der Waals surface area contributed by atoms with Gasteiger partial charge in [-0.25, -0.2) is 0 Å². The van der Waals surface area contributed by atoms with Gasteiger partial charge < -0.3 is 10.4 Å². The van der Waals surface area contributed by atoms with Crippen LogP contribution in [0.25, 0.3) is 0 Å². The summed E-state index contributed by atoms with van der Waals surface area (Å²) in [7, 11) is 0. The molecule has 0 radical (unpaired) electrons. The Balaban J connectivity index is 1.94. The van der Waals surface area contributed by atoms with Crippen LogP contribution in [0, 0.1) is 28.9 Å². The van der Waals surface area contributed by atoms with E-state index in [-0.39, 0.29) is 16.5 Å². The fourth-order valence-corrected chi connectivity index (χ4v) is 2.91. The number of aliphatic carboxylic acids is 1. The molecule has 0 unspecified atom stereocenters. The van der Waals surface area contributed by atoms with Gasteiger partial charge >= 0.3 is 5.97 Å². The average Bonchev–Trinajstić information content (AvgIpc) is 2.45. The number of para-hydroxylation sites is 1. The molecule has 2 rings (SSSR count). The molecule has 114 valence electrons. The third kappa shape index (κ3) is 3.71. The lowest BCUT2D eigenvalue weighted by molar-refractivity contribution is -0.384. The van der Waals surface area contributed by atoms with Crippen LogP contribution in [0.2, 0.25) is 0 Å². The van der Waals surface area contributed by atoms with Gasteiger partial charge in [0.15, 0.2) is 0 Å². The molecule has 0 aromatic heterocycles. The van der Waals surface area contributed by atoms with Crippen LogP contribution in [0.1, 0.15) is 31.2 Å². The highest BCUT2D eigenvalue weighted by molar-refractivity contribution is 5.70. The van der Waals surface area contributed by atoms with Gasteiger partial charge in [0.1, 0.15) is 5.69 Å². The lowest BCUT2D eigenvalue weighted by Gasteiger charge is -2.26. The maximum Gasteiger partial charge on any atom is 0.306 e. The quantitative estimate of drug-likeness (QED) is 0.642. The van der Waals surface area contributed by atoms with Crippen molar-refractivity contribution in [3.63, 3.8) is 0 Å². The van der Waals surface area contributed by atoms with E-state index in [4.69, 9.17) is 5.11 Å². The molecule has 0 saturated heterocycles. The second-order valence-electron chi connectivity index (χ2n) is 5.66. The fourth-order valence-electron chi connectivity index (χ4n) is 2.91. The molecule has 0 amide bonds. The summed E-state index contributed by atoms with van der Waals surface area (Å²) in [6, 6.07) is 5.24. The van der Waals surface area contributed by atoms with E-state index in [1.54, 1.807) is 25.1 Å². The summed E-state index contributed by atoms with van der Waals surface area (Å²) in [5.41, 5.74) is 1.30. The topological polar surface area (TPSA) is 92.5 Å². The van der Waals surface area contributed by atoms with Crippen LogP contribution in [0.3, 0.4) is 0 Å². The van der Waals surface area contributed by atoms with E-state index in [0.717, 1.165) is 12.8 Å². The van der Waals surface area contributed by atoms with Crippen LogP contribution < -0.4 is 5.32 Å². The van der Waals surface area contributed by atoms with Gasteiger partial charge in [-0.1, -0.05) is 12.1 Å². The van der Waals surface area contributed by atoms with Crippen LogP contribution in [-0.2, 0) is 4.79 Å². The molecule has 1 aliphatic carbocycles. The molecule has 1 aromatic carbocycles.